The molecule has 0 spiro atoms. The summed E-state index contributed by atoms with van der Waals surface area (Å²) in [5.41, 5.74) is 7.38. The van der Waals surface area contributed by atoms with E-state index in [2.05, 4.69) is 0 Å². The minimum atomic E-state index is -3.58. The highest BCUT2D eigenvalue weighted by atomic mass is 32.2. The lowest BCUT2D eigenvalue weighted by Crippen LogP contribution is -2.12. The lowest BCUT2D eigenvalue weighted by atomic mass is 9.89. The van der Waals surface area contributed by atoms with Gasteiger partial charge in [0.05, 0.1) is 19.8 Å². The number of carbonyl (C=O) groups excluding carboxylic acids is 1. The lowest BCUT2D eigenvalue weighted by Gasteiger charge is -2.18. The first-order valence-electron chi connectivity index (χ1n) is 6.59. The fourth-order valence-electron chi connectivity index (χ4n) is 2.14. The zero-order valence-corrected chi connectivity index (χ0v) is 13.3. The van der Waals surface area contributed by atoms with E-state index in [9.17, 15) is 13.2 Å². The normalized spacial score (nSPS) is 12.8. The van der Waals surface area contributed by atoms with Gasteiger partial charge in [0, 0.05) is 6.54 Å². The number of benzene rings is 1. The van der Waals surface area contributed by atoms with Gasteiger partial charge in [-0.15, -0.1) is 0 Å². The molecular weight excluding hydrogens is 294 g/mol. The summed E-state index contributed by atoms with van der Waals surface area (Å²) in [7, 11) is -2.23. The molecule has 0 heterocycles. The Morgan fingerprint density at radius 2 is 2.05 bits per heavy atom. The highest BCUT2D eigenvalue weighted by molar-refractivity contribution is 7.86. The van der Waals surface area contributed by atoms with Gasteiger partial charge in [-0.05, 0) is 35.6 Å². The van der Waals surface area contributed by atoms with Gasteiger partial charge in [0.15, 0.2) is 0 Å². The molecule has 0 amide bonds. The second-order valence-electron chi connectivity index (χ2n) is 4.74. The number of rotatable bonds is 7. The van der Waals surface area contributed by atoms with Crippen LogP contribution >= 0.6 is 0 Å². The van der Waals surface area contributed by atoms with Crippen LogP contribution in [0.2, 0.25) is 0 Å². The van der Waals surface area contributed by atoms with Crippen LogP contribution in [-0.2, 0) is 26.2 Å². The third-order valence-electron chi connectivity index (χ3n) is 3.16. The van der Waals surface area contributed by atoms with Gasteiger partial charge in [-0.1, -0.05) is 13.0 Å². The van der Waals surface area contributed by atoms with E-state index in [1.165, 1.54) is 7.11 Å². The third kappa shape index (κ3) is 5.35. The molecule has 0 aliphatic heterocycles. The molecule has 0 aliphatic rings. The monoisotopic (exact) mass is 315 g/mol. The maximum Gasteiger partial charge on any atom is 0.306 e. The van der Waals surface area contributed by atoms with E-state index >= 15 is 0 Å². The van der Waals surface area contributed by atoms with Gasteiger partial charge >= 0.3 is 16.1 Å². The molecule has 0 aliphatic carbocycles. The standard InChI is InChI=1S/C14H21NO5S/c1-4-10(8-14(16)19-2)13-6-5-12(7-11(13)9-15)20-21(3,17)18/h5-7,10H,4,8-9,15H2,1-3H3. The molecule has 1 rings (SSSR count). The van der Waals surface area contributed by atoms with E-state index < -0.39 is 10.1 Å². The third-order valence-corrected chi connectivity index (χ3v) is 3.65. The van der Waals surface area contributed by atoms with Crippen LogP contribution in [0.4, 0.5) is 0 Å². The second-order valence-corrected chi connectivity index (χ2v) is 6.31. The quantitative estimate of drug-likeness (QED) is 0.605. The van der Waals surface area contributed by atoms with Crippen LogP contribution in [0.3, 0.4) is 0 Å². The molecule has 6 nitrogen and oxygen atoms in total. The van der Waals surface area contributed by atoms with Gasteiger partial charge in [-0.2, -0.15) is 8.42 Å². The van der Waals surface area contributed by atoms with Crippen molar-refractivity contribution in [2.75, 3.05) is 13.4 Å². The Morgan fingerprint density at radius 1 is 1.38 bits per heavy atom. The minimum absolute atomic E-state index is 0.0247. The van der Waals surface area contributed by atoms with E-state index in [1.807, 2.05) is 6.92 Å². The van der Waals surface area contributed by atoms with Gasteiger partial charge in [0.2, 0.25) is 0 Å². The Kier molecular flexibility index (Phi) is 6.17. The van der Waals surface area contributed by atoms with Gasteiger partial charge in [-0.25, -0.2) is 0 Å². The molecular formula is C14H21NO5S. The van der Waals surface area contributed by atoms with Crippen LogP contribution in [0.1, 0.15) is 36.8 Å². The van der Waals surface area contributed by atoms with Crippen LogP contribution in [0.15, 0.2) is 18.2 Å². The van der Waals surface area contributed by atoms with Gasteiger partial charge in [-0.3, -0.25) is 4.79 Å². The van der Waals surface area contributed by atoms with E-state index in [0.717, 1.165) is 23.8 Å². The highest BCUT2D eigenvalue weighted by Crippen LogP contribution is 2.29. The first-order valence-corrected chi connectivity index (χ1v) is 8.41. The first kappa shape index (κ1) is 17.5. The summed E-state index contributed by atoms with van der Waals surface area (Å²) in [4.78, 5) is 11.5. The Morgan fingerprint density at radius 3 is 2.52 bits per heavy atom. The van der Waals surface area contributed by atoms with Gasteiger partial charge in [0.1, 0.15) is 5.75 Å². The van der Waals surface area contributed by atoms with Crippen molar-refractivity contribution in [3.63, 3.8) is 0 Å². The zero-order chi connectivity index (χ0) is 16.0. The maximum atomic E-state index is 11.5. The highest BCUT2D eigenvalue weighted by Gasteiger charge is 2.18. The number of hydrogen-bond acceptors (Lipinski definition) is 6. The van der Waals surface area contributed by atoms with Gasteiger partial charge in [0.25, 0.3) is 0 Å². The predicted octanol–water partition coefficient (Wildman–Crippen LogP) is 1.54. The van der Waals surface area contributed by atoms with Gasteiger partial charge < -0.3 is 14.7 Å². The van der Waals surface area contributed by atoms with E-state index in [4.69, 9.17) is 14.7 Å². The smallest absolute Gasteiger partial charge is 0.306 e. The summed E-state index contributed by atoms with van der Waals surface area (Å²) in [6.45, 7) is 2.20. The molecule has 0 aromatic heterocycles. The van der Waals surface area contributed by atoms with Crippen molar-refractivity contribution in [1.82, 2.24) is 0 Å². The van der Waals surface area contributed by atoms with Crippen LogP contribution in [0, 0.1) is 0 Å². The molecule has 7 heteroatoms. The van der Waals surface area contributed by atoms with Crippen molar-refractivity contribution in [2.45, 2.75) is 32.2 Å². The topological polar surface area (TPSA) is 95.7 Å². The molecule has 1 unspecified atom stereocenters. The number of nitrogens with two attached hydrogens (primary N) is 1. The summed E-state index contributed by atoms with van der Waals surface area (Å²) in [5, 5.41) is 0. The van der Waals surface area contributed by atoms with Crippen molar-refractivity contribution < 1.29 is 22.1 Å². The summed E-state index contributed by atoms with van der Waals surface area (Å²) in [6.07, 6.45) is 1.98. The molecule has 21 heavy (non-hydrogen) atoms. The Hall–Kier alpha value is -1.60. The lowest BCUT2D eigenvalue weighted by molar-refractivity contribution is -0.141. The average Bonchev–Trinajstić information content (AvgIpc) is 2.42. The van der Waals surface area contributed by atoms with E-state index in [0.29, 0.717) is 0 Å². The molecule has 1 atom stereocenters. The predicted molar refractivity (Wildman–Crippen MR) is 79.5 cm³/mol. The average molecular weight is 315 g/mol. The number of hydrogen-bond donors (Lipinski definition) is 1. The number of carbonyl (C=O) groups is 1. The summed E-state index contributed by atoms with van der Waals surface area (Å²) in [5.74, 6) is -0.0980. The van der Waals surface area contributed by atoms with E-state index in [-0.39, 0.29) is 30.6 Å². The molecule has 0 bridgehead atoms. The Labute approximate surface area is 125 Å². The summed E-state index contributed by atoms with van der Waals surface area (Å²) in [6, 6.07) is 4.91. The van der Waals surface area contributed by atoms with Crippen molar-refractivity contribution in [3.05, 3.63) is 29.3 Å². The summed E-state index contributed by atoms with van der Waals surface area (Å²) >= 11 is 0. The minimum Gasteiger partial charge on any atom is -0.469 e. The maximum absolute atomic E-state index is 11.5. The van der Waals surface area contributed by atoms with Crippen molar-refractivity contribution >= 4 is 16.1 Å². The van der Waals surface area contributed by atoms with Crippen molar-refractivity contribution in [1.29, 1.82) is 0 Å². The first-order chi connectivity index (χ1) is 9.80. The Balaban J connectivity index is 3.09. The van der Waals surface area contributed by atoms with Crippen molar-refractivity contribution in [3.8, 4) is 5.75 Å². The number of methoxy groups -OCH3 is 1. The summed E-state index contributed by atoms with van der Waals surface area (Å²) < 4.78 is 31.8. The molecule has 1 aromatic rings. The van der Waals surface area contributed by atoms with E-state index in [1.54, 1.807) is 18.2 Å². The van der Waals surface area contributed by atoms with Crippen LogP contribution < -0.4 is 9.92 Å². The molecule has 0 radical (unpaired) electrons. The second kappa shape index (κ2) is 7.42. The largest absolute Gasteiger partial charge is 0.469 e. The molecule has 2 N–H and O–H groups in total. The molecule has 0 saturated carbocycles. The Bertz CT molecular complexity index is 597. The molecule has 0 fully saturated rings. The fraction of sp³-hybridized carbons (Fsp3) is 0.500. The fourth-order valence-corrected chi connectivity index (χ4v) is 2.60. The SMILES string of the molecule is CCC(CC(=O)OC)c1ccc(OS(C)(=O)=O)cc1CN. The van der Waals surface area contributed by atoms with Crippen molar-refractivity contribution in [2.24, 2.45) is 5.73 Å². The van der Waals surface area contributed by atoms with Crippen LogP contribution in [0.5, 0.6) is 5.75 Å². The molecule has 0 saturated heterocycles. The molecule has 118 valence electrons. The number of ether oxygens (including phenoxy) is 1. The van der Waals surface area contributed by atoms with Crippen LogP contribution in [0.25, 0.3) is 0 Å². The zero-order valence-electron chi connectivity index (χ0n) is 12.5. The molecule has 1 aromatic carbocycles. The van der Waals surface area contributed by atoms with Crippen LogP contribution in [-0.4, -0.2) is 27.8 Å². The number of esters is 1.